The van der Waals surface area contributed by atoms with Gasteiger partial charge in [-0.25, -0.2) is 0 Å². The molecule has 1 amide bonds. The molecule has 0 heterocycles. The van der Waals surface area contributed by atoms with Gasteiger partial charge < -0.3 is 15.9 Å². The molecule has 0 spiro atoms. The molecular formula is C7H9NO5. The molecule has 0 aromatic rings. The number of nitrogens with two attached hydrogens (primary N) is 1. The largest absolute Gasteiger partial charge is 0.481 e. The molecule has 4 N–H and O–H groups in total. The summed E-state index contributed by atoms with van der Waals surface area (Å²) in [5.74, 6) is -3.25. The van der Waals surface area contributed by atoms with E-state index >= 15 is 0 Å². The second kappa shape index (κ2) is 4.91. The number of hydrogen-bond acceptors (Lipinski definition) is 3. The Balaban J connectivity index is 4.45. The van der Waals surface area contributed by atoms with Crippen molar-refractivity contribution in [3.63, 3.8) is 0 Å². The lowest BCUT2D eigenvalue weighted by Crippen LogP contribution is -2.10. The first kappa shape index (κ1) is 11.2. The summed E-state index contributed by atoms with van der Waals surface area (Å²) in [6.45, 7) is 0. The van der Waals surface area contributed by atoms with Crippen LogP contribution in [0.15, 0.2) is 11.6 Å². The highest BCUT2D eigenvalue weighted by atomic mass is 16.4. The average molecular weight is 187 g/mol. The Bertz CT molecular complexity index is 250. The highest BCUT2D eigenvalue weighted by molar-refractivity contribution is 5.89. The predicted molar refractivity (Wildman–Crippen MR) is 41.8 cm³/mol. The second-order valence-electron chi connectivity index (χ2n) is 2.35. The van der Waals surface area contributed by atoms with Gasteiger partial charge in [-0.2, -0.15) is 0 Å². The molecule has 0 aliphatic carbocycles. The summed E-state index contributed by atoms with van der Waals surface area (Å²) in [5.41, 5.74) is 4.72. The molecule has 0 aromatic heterocycles. The van der Waals surface area contributed by atoms with Crippen LogP contribution in [0.1, 0.15) is 12.8 Å². The molecule has 0 bridgehead atoms. The summed E-state index contributed by atoms with van der Waals surface area (Å²) in [4.78, 5) is 30.7. The van der Waals surface area contributed by atoms with E-state index in [9.17, 15) is 14.4 Å². The van der Waals surface area contributed by atoms with Crippen LogP contribution < -0.4 is 5.73 Å². The van der Waals surface area contributed by atoms with Crippen LogP contribution in [0.4, 0.5) is 0 Å². The average Bonchev–Trinajstić information content (AvgIpc) is 1.80. The van der Waals surface area contributed by atoms with Crippen LogP contribution >= 0.6 is 0 Å². The van der Waals surface area contributed by atoms with Gasteiger partial charge in [0.1, 0.15) is 0 Å². The zero-order valence-corrected chi connectivity index (χ0v) is 6.69. The first-order valence-corrected chi connectivity index (χ1v) is 3.34. The fourth-order valence-corrected chi connectivity index (χ4v) is 0.754. The van der Waals surface area contributed by atoms with E-state index in [1.54, 1.807) is 0 Å². The fraction of sp³-hybridized carbons (Fsp3) is 0.286. The molecule has 72 valence electrons. The van der Waals surface area contributed by atoms with Gasteiger partial charge in [-0.3, -0.25) is 14.4 Å². The molecule has 0 atom stereocenters. The van der Waals surface area contributed by atoms with Gasteiger partial charge in [-0.15, -0.1) is 0 Å². The number of carboxylic acid groups (broad SMARTS) is 2. The molecule has 13 heavy (non-hydrogen) atoms. The lowest BCUT2D eigenvalue weighted by atomic mass is 10.1. The number of carbonyl (C=O) groups is 3. The van der Waals surface area contributed by atoms with Crippen molar-refractivity contribution >= 4 is 17.8 Å². The molecule has 0 unspecified atom stereocenters. The summed E-state index contributed by atoms with van der Waals surface area (Å²) in [7, 11) is 0. The second-order valence-corrected chi connectivity index (χ2v) is 2.35. The van der Waals surface area contributed by atoms with Crippen LogP contribution in [0.5, 0.6) is 0 Å². The van der Waals surface area contributed by atoms with Gasteiger partial charge in [0, 0.05) is 6.08 Å². The zero-order chi connectivity index (χ0) is 10.4. The fourth-order valence-electron chi connectivity index (χ4n) is 0.754. The number of aliphatic carboxylic acids is 2. The molecule has 0 aliphatic rings. The molecule has 6 heteroatoms. The number of hydrogen-bond donors (Lipinski definition) is 3. The molecule has 0 rings (SSSR count). The lowest BCUT2D eigenvalue weighted by Gasteiger charge is -1.98. The van der Waals surface area contributed by atoms with Gasteiger partial charge in [0.25, 0.3) is 0 Å². The van der Waals surface area contributed by atoms with Gasteiger partial charge in [0.2, 0.25) is 5.91 Å². The molecular weight excluding hydrogens is 178 g/mol. The van der Waals surface area contributed by atoms with Crippen molar-refractivity contribution in [1.29, 1.82) is 0 Å². The Morgan fingerprint density at radius 2 is 1.46 bits per heavy atom. The monoisotopic (exact) mass is 187 g/mol. The highest BCUT2D eigenvalue weighted by Crippen LogP contribution is 2.06. The Morgan fingerprint density at radius 1 is 1.08 bits per heavy atom. The minimum Gasteiger partial charge on any atom is -0.481 e. The van der Waals surface area contributed by atoms with Crippen LogP contribution in [0.2, 0.25) is 0 Å². The first-order chi connectivity index (χ1) is 5.91. The van der Waals surface area contributed by atoms with Crippen molar-refractivity contribution in [2.75, 3.05) is 0 Å². The third-order valence-corrected chi connectivity index (χ3v) is 1.10. The van der Waals surface area contributed by atoms with Gasteiger partial charge in [-0.05, 0) is 5.57 Å². The highest BCUT2D eigenvalue weighted by Gasteiger charge is 2.09. The zero-order valence-electron chi connectivity index (χ0n) is 6.69. The molecule has 0 aromatic carbocycles. The van der Waals surface area contributed by atoms with Crippen molar-refractivity contribution in [1.82, 2.24) is 0 Å². The standard InChI is InChI=1S/C7H9NO5/c8-5(9)1-4(2-6(10)11)3-7(12)13/h1H,2-3H2,(H2,8,9)(H,10,11)(H,12,13). The maximum absolute atomic E-state index is 10.3. The summed E-state index contributed by atoms with van der Waals surface area (Å²) >= 11 is 0. The van der Waals surface area contributed by atoms with Crippen LogP contribution in [-0.4, -0.2) is 28.1 Å². The van der Waals surface area contributed by atoms with E-state index in [1.165, 1.54) is 0 Å². The van der Waals surface area contributed by atoms with Gasteiger partial charge in [0.15, 0.2) is 0 Å². The van der Waals surface area contributed by atoms with E-state index < -0.39 is 30.7 Å². The minimum atomic E-state index is -1.20. The lowest BCUT2D eigenvalue weighted by molar-refractivity contribution is -0.136. The first-order valence-electron chi connectivity index (χ1n) is 3.34. The van der Waals surface area contributed by atoms with Crippen LogP contribution in [0.25, 0.3) is 0 Å². The SMILES string of the molecule is NC(=O)C=C(CC(=O)O)CC(=O)O. The normalized spacial score (nSPS) is 8.92. The van der Waals surface area contributed by atoms with E-state index in [4.69, 9.17) is 15.9 Å². The van der Waals surface area contributed by atoms with Gasteiger partial charge in [0.05, 0.1) is 12.8 Å². The van der Waals surface area contributed by atoms with E-state index in [1.807, 2.05) is 0 Å². The van der Waals surface area contributed by atoms with E-state index in [0.29, 0.717) is 0 Å². The third kappa shape index (κ3) is 6.54. The Morgan fingerprint density at radius 3 is 1.69 bits per heavy atom. The van der Waals surface area contributed by atoms with Crippen LogP contribution in [0, 0.1) is 0 Å². The Labute approximate surface area is 73.7 Å². The van der Waals surface area contributed by atoms with Gasteiger partial charge in [-0.1, -0.05) is 0 Å². The maximum Gasteiger partial charge on any atom is 0.307 e. The molecule has 0 aliphatic heterocycles. The summed E-state index contributed by atoms with van der Waals surface area (Å²) in [5, 5.41) is 16.6. The predicted octanol–water partition coefficient (Wildman–Crippen LogP) is -0.652. The van der Waals surface area contributed by atoms with Crippen molar-refractivity contribution in [3.05, 3.63) is 11.6 Å². The molecule has 6 nitrogen and oxygen atoms in total. The summed E-state index contributed by atoms with van der Waals surface area (Å²) < 4.78 is 0. The molecule has 0 fully saturated rings. The van der Waals surface area contributed by atoms with E-state index in [-0.39, 0.29) is 5.57 Å². The topological polar surface area (TPSA) is 118 Å². The summed E-state index contributed by atoms with van der Waals surface area (Å²) in [6.07, 6.45) is -0.160. The van der Waals surface area contributed by atoms with Crippen molar-refractivity contribution in [3.8, 4) is 0 Å². The smallest absolute Gasteiger partial charge is 0.307 e. The minimum absolute atomic E-state index is 0.0208. The quantitative estimate of drug-likeness (QED) is 0.494. The van der Waals surface area contributed by atoms with Crippen molar-refractivity contribution in [2.45, 2.75) is 12.8 Å². The van der Waals surface area contributed by atoms with Crippen LogP contribution in [0.3, 0.4) is 0 Å². The Kier molecular flexibility index (Phi) is 4.21. The number of carbonyl (C=O) groups excluding carboxylic acids is 1. The number of carboxylic acids is 2. The number of primary amides is 1. The molecule has 0 radical (unpaired) electrons. The summed E-state index contributed by atoms with van der Waals surface area (Å²) in [6, 6.07) is 0. The number of rotatable bonds is 5. The maximum atomic E-state index is 10.3. The Hall–Kier alpha value is -1.85. The number of amides is 1. The molecule has 0 saturated carbocycles. The third-order valence-electron chi connectivity index (χ3n) is 1.10. The molecule has 0 saturated heterocycles. The van der Waals surface area contributed by atoms with Crippen molar-refractivity contribution < 1.29 is 24.6 Å². The van der Waals surface area contributed by atoms with Gasteiger partial charge >= 0.3 is 11.9 Å². The van der Waals surface area contributed by atoms with Crippen molar-refractivity contribution in [2.24, 2.45) is 5.73 Å². The van der Waals surface area contributed by atoms with E-state index in [2.05, 4.69) is 0 Å². The van der Waals surface area contributed by atoms with Crippen LogP contribution in [-0.2, 0) is 14.4 Å². The van der Waals surface area contributed by atoms with E-state index in [0.717, 1.165) is 6.08 Å².